The van der Waals surface area contributed by atoms with E-state index in [4.69, 9.17) is 0 Å². The van der Waals surface area contributed by atoms with Gasteiger partial charge in [0.2, 0.25) is 0 Å². The lowest BCUT2D eigenvalue weighted by atomic mass is 10.1. The lowest BCUT2D eigenvalue weighted by Crippen LogP contribution is -2.36. The van der Waals surface area contributed by atoms with Gasteiger partial charge in [0.15, 0.2) is 0 Å². The average molecular weight is 326 g/mol. The zero-order valence-electron chi connectivity index (χ0n) is 14.0. The summed E-state index contributed by atoms with van der Waals surface area (Å²) >= 11 is 0. The number of carbonyl (C=O) groups excluding carboxylic acids is 2. The molecular formula is C18H22N4O2. The summed E-state index contributed by atoms with van der Waals surface area (Å²) in [7, 11) is 4.00. The van der Waals surface area contributed by atoms with E-state index in [1.165, 1.54) is 11.8 Å². The summed E-state index contributed by atoms with van der Waals surface area (Å²) in [6.07, 6.45) is 4.70. The highest BCUT2D eigenvalue weighted by atomic mass is 16.2. The first kappa shape index (κ1) is 17.5. The first-order valence-corrected chi connectivity index (χ1v) is 7.82. The van der Waals surface area contributed by atoms with Crippen LogP contribution in [-0.4, -0.2) is 37.4 Å². The first-order valence-electron chi connectivity index (χ1n) is 7.82. The number of nitrogens with one attached hydrogen (secondary N) is 2. The van der Waals surface area contributed by atoms with E-state index in [1.54, 1.807) is 18.3 Å². The Morgan fingerprint density at radius 3 is 2.46 bits per heavy atom. The molecule has 1 heterocycles. The molecule has 0 spiro atoms. The molecule has 0 aliphatic heterocycles. The van der Waals surface area contributed by atoms with E-state index in [0.29, 0.717) is 12.2 Å². The molecule has 0 aliphatic rings. The minimum atomic E-state index is -0.682. The molecule has 0 saturated carbocycles. The van der Waals surface area contributed by atoms with Crippen molar-refractivity contribution >= 4 is 23.2 Å². The minimum Gasteiger partial charge on any atom is -0.378 e. The van der Waals surface area contributed by atoms with Crippen LogP contribution in [0.3, 0.4) is 0 Å². The lowest BCUT2D eigenvalue weighted by molar-refractivity contribution is -0.136. The molecule has 0 unspecified atom stereocenters. The third kappa shape index (κ3) is 5.39. The fraction of sp³-hybridized carbons (Fsp3) is 0.278. The van der Waals surface area contributed by atoms with Crippen LogP contribution in [0.25, 0.3) is 0 Å². The Balaban J connectivity index is 1.69. The van der Waals surface area contributed by atoms with Gasteiger partial charge >= 0.3 is 11.8 Å². The zero-order valence-corrected chi connectivity index (χ0v) is 14.0. The highest BCUT2D eigenvalue weighted by molar-refractivity contribution is 6.39. The van der Waals surface area contributed by atoms with E-state index in [1.807, 2.05) is 19.0 Å². The van der Waals surface area contributed by atoms with Crippen LogP contribution in [0.4, 0.5) is 11.4 Å². The van der Waals surface area contributed by atoms with Crippen LogP contribution in [0.5, 0.6) is 0 Å². The summed E-state index contributed by atoms with van der Waals surface area (Å²) in [5.41, 5.74) is 2.85. The molecule has 0 fully saturated rings. The van der Waals surface area contributed by atoms with Gasteiger partial charge in [0.1, 0.15) is 0 Å². The summed E-state index contributed by atoms with van der Waals surface area (Å²) in [5, 5.41) is 5.12. The van der Waals surface area contributed by atoms with E-state index in [2.05, 4.69) is 39.9 Å². The summed E-state index contributed by atoms with van der Waals surface area (Å²) in [4.78, 5) is 29.4. The molecular weight excluding hydrogens is 304 g/mol. The highest BCUT2D eigenvalue weighted by Gasteiger charge is 2.12. The SMILES string of the molecule is CN(C)c1ccc(CCCNC(=O)C(=O)Nc2cccnc2)cc1. The Kier molecular flexibility index (Phi) is 6.31. The fourth-order valence-corrected chi connectivity index (χ4v) is 2.16. The number of aromatic nitrogens is 1. The highest BCUT2D eigenvalue weighted by Crippen LogP contribution is 2.13. The molecule has 24 heavy (non-hydrogen) atoms. The van der Waals surface area contributed by atoms with Gasteiger partial charge in [-0.25, -0.2) is 0 Å². The smallest absolute Gasteiger partial charge is 0.313 e. The number of pyridine rings is 1. The standard InChI is InChI=1S/C18H22N4O2/c1-22(2)16-9-7-14(8-10-16)5-3-12-20-17(23)18(24)21-15-6-4-11-19-13-15/h4,6-11,13H,3,5,12H2,1-2H3,(H,20,23)(H,21,24). The maximum atomic E-state index is 11.7. The zero-order chi connectivity index (χ0) is 17.4. The number of amides is 2. The number of hydrogen-bond acceptors (Lipinski definition) is 4. The van der Waals surface area contributed by atoms with Gasteiger partial charge in [-0.15, -0.1) is 0 Å². The largest absolute Gasteiger partial charge is 0.378 e. The molecule has 0 radical (unpaired) electrons. The van der Waals surface area contributed by atoms with Crippen molar-refractivity contribution in [2.24, 2.45) is 0 Å². The third-order valence-electron chi connectivity index (χ3n) is 3.51. The fourth-order valence-electron chi connectivity index (χ4n) is 2.16. The van der Waals surface area contributed by atoms with Crippen molar-refractivity contribution < 1.29 is 9.59 Å². The molecule has 126 valence electrons. The van der Waals surface area contributed by atoms with E-state index < -0.39 is 11.8 Å². The van der Waals surface area contributed by atoms with Crippen LogP contribution in [0.1, 0.15) is 12.0 Å². The van der Waals surface area contributed by atoms with Gasteiger partial charge in [0.05, 0.1) is 11.9 Å². The Bertz CT molecular complexity index is 669. The van der Waals surface area contributed by atoms with E-state index in [9.17, 15) is 9.59 Å². The number of rotatable bonds is 6. The van der Waals surface area contributed by atoms with Crippen LogP contribution in [-0.2, 0) is 16.0 Å². The molecule has 1 aromatic carbocycles. The number of benzene rings is 1. The van der Waals surface area contributed by atoms with Crippen LogP contribution in [0.2, 0.25) is 0 Å². The number of nitrogens with zero attached hydrogens (tertiary/aromatic N) is 2. The van der Waals surface area contributed by atoms with Gasteiger partial charge in [-0.1, -0.05) is 12.1 Å². The maximum absolute atomic E-state index is 11.7. The van der Waals surface area contributed by atoms with Gasteiger partial charge in [0.25, 0.3) is 0 Å². The van der Waals surface area contributed by atoms with Crippen molar-refractivity contribution in [3.05, 3.63) is 54.4 Å². The Labute approximate surface area is 141 Å². The normalized spacial score (nSPS) is 10.1. The maximum Gasteiger partial charge on any atom is 0.313 e. The van der Waals surface area contributed by atoms with Crippen molar-refractivity contribution in [3.63, 3.8) is 0 Å². The van der Waals surface area contributed by atoms with Gasteiger partial charge < -0.3 is 15.5 Å². The summed E-state index contributed by atoms with van der Waals surface area (Å²) in [6.45, 7) is 0.453. The average Bonchev–Trinajstić information content (AvgIpc) is 2.59. The predicted octanol–water partition coefficient (Wildman–Crippen LogP) is 1.84. The second-order valence-electron chi connectivity index (χ2n) is 5.62. The van der Waals surface area contributed by atoms with Crippen molar-refractivity contribution in [3.8, 4) is 0 Å². The van der Waals surface area contributed by atoms with Gasteiger partial charge in [0, 0.05) is 32.5 Å². The van der Waals surface area contributed by atoms with Crippen molar-refractivity contribution in [2.75, 3.05) is 30.9 Å². The molecule has 2 amide bonds. The van der Waals surface area contributed by atoms with Crippen molar-refractivity contribution in [1.29, 1.82) is 0 Å². The molecule has 1 aromatic heterocycles. The minimum absolute atomic E-state index is 0.453. The van der Waals surface area contributed by atoms with Gasteiger partial charge in [-0.3, -0.25) is 14.6 Å². The van der Waals surface area contributed by atoms with Gasteiger partial charge in [-0.2, -0.15) is 0 Å². The monoisotopic (exact) mass is 326 g/mol. The Hall–Kier alpha value is -2.89. The number of carbonyl (C=O) groups is 2. The molecule has 0 aliphatic carbocycles. The van der Waals surface area contributed by atoms with E-state index >= 15 is 0 Å². The third-order valence-corrected chi connectivity index (χ3v) is 3.51. The number of hydrogen-bond donors (Lipinski definition) is 2. The van der Waals surface area contributed by atoms with Crippen LogP contribution in [0, 0.1) is 0 Å². The lowest BCUT2D eigenvalue weighted by Gasteiger charge is -2.12. The Morgan fingerprint density at radius 2 is 1.83 bits per heavy atom. The second-order valence-corrected chi connectivity index (χ2v) is 5.62. The molecule has 2 rings (SSSR count). The molecule has 0 bridgehead atoms. The van der Waals surface area contributed by atoms with Crippen molar-refractivity contribution in [1.82, 2.24) is 10.3 Å². The molecule has 0 saturated heterocycles. The predicted molar refractivity (Wildman–Crippen MR) is 95.0 cm³/mol. The van der Waals surface area contributed by atoms with E-state index in [-0.39, 0.29) is 0 Å². The summed E-state index contributed by atoms with van der Waals surface area (Å²) < 4.78 is 0. The first-order chi connectivity index (χ1) is 11.6. The number of anilines is 2. The topological polar surface area (TPSA) is 74.3 Å². The number of aryl methyl sites for hydroxylation is 1. The Morgan fingerprint density at radius 1 is 1.08 bits per heavy atom. The molecule has 2 aromatic rings. The van der Waals surface area contributed by atoms with Gasteiger partial charge in [-0.05, 0) is 42.7 Å². The van der Waals surface area contributed by atoms with Crippen LogP contribution < -0.4 is 15.5 Å². The van der Waals surface area contributed by atoms with Crippen LogP contribution in [0.15, 0.2) is 48.8 Å². The van der Waals surface area contributed by atoms with E-state index in [0.717, 1.165) is 18.5 Å². The molecule has 0 atom stereocenters. The quantitative estimate of drug-likeness (QED) is 0.627. The summed E-state index contributed by atoms with van der Waals surface area (Å²) in [6, 6.07) is 11.6. The molecule has 6 nitrogen and oxygen atoms in total. The van der Waals surface area contributed by atoms with Crippen molar-refractivity contribution in [2.45, 2.75) is 12.8 Å². The molecule has 2 N–H and O–H groups in total. The second kappa shape index (κ2) is 8.67. The van der Waals surface area contributed by atoms with Crippen LogP contribution >= 0.6 is 0 Å². The summed E-state index contributed by atoms with van der Waals surface area (Å²) in [5.74, 6) is -1.32. The molecule has 6 heteroatoms.